The molecule has 0 radical (unpaired) electrons. The van der Waals surface area contributed by atoms with E-state index in [9.17, 15) is 4.79 Å². The molecule has 0 aliphatic heterocycles. The number of anilines is 2. The van der Waals surface area contributed by atoms with Crippen LogP contribution in [0.2, 0.25) is 18.1 Å². The Morgan fingerprint density at radius 3 is 2.14 bits per heavy atom. The average Bonchev–Trinajstić information content (AvgIpc) is 2.87. The highest BCUT2D eigenvalue weighted by Crippen LogP contribution is 2.37. The number of amides is 1. The summed E-state index contributed by atoms with van der Waals surface area (Å²) in [7, 11) is -1.92. The zero-order chi connectivity index (χ0) is 26.2. The van der Waals surface area contributed by atoms with Crippen molar-refractivity contribution < 1.29 is 9.22 Å². The van der Waals surface area contributed by atoms with Gasteiger partial charge in [0.15, 0.2) is 8.32 Å². The topological polar surface area (TPSA) is 41.6 Å². The summed E-state index contributed by atoms with van der Waals surface area (Å²) in [4.78, 5) is 15.7. The third-order valence-corrected chi connectivity index (χ3v) is 11.4. The molecule has 3 aromatic carbocycles. The molecule has 0 saturated carbocycles. The van der Waals surface area contributed by atoms with E-state index in [1.54, 1.807) is 0 Å². The third-order valence-electron chi connectivity index (χ3n) is 6.92. The van der Waals surface area contributed by atoms with Gasteiger partial charge in [-0.15, -0.1) is 0 Å². The third kappa shape index (κ3) is 7.18. The lowest BCUT2D eigenvalue weighted by Crippen LogP contribution is -2.42. The first-order valence-electron chi connectivity index (χ1n) is 12.7. The van der Waals surface area contributed by atoms with Gasteiger partial charge >= 0.3 is 0 Å². The van der Waals surface area contributed by atoms with Crippen LogP contribution in [0.1, 0.15) is 38.8 Å². The Bertz CT molecular complexity index is 1140. The molecule has 0 heterocycles. The molecule has 0 aromatic heterocycles. The first-order valence-corrected chi connectivity index (χ1v) is 15.6. The number of hydrogen-bond acceptors (Lipinski definition) is 3. The molecule has 0 aliphatic rings. The van der Waals surface area contributed by atoms with Crippen LogP contribution in [0.25, 0.3) is 6.08 Å². The minimum Gasteiger partial charge on any atom is -0.412 e. The second-order valence-electron chi connectivity index (χ2n) is 10.5. The summed E-state index contributed by atoms with van der Waals surface area (Å²) >= 11 is 0. The van der Waals surface area contributed by atoms with Crippen molar-refractivity contribution in [2.75, 3.05) is 16.8 Å². The highest BCUT2D eigenvalue weighted by Gasteiger charge is 2.37. The van der Waals surface area contributed by atoms with Crippen molar-refractivity contribution in [3.05, 3.63) is 102 Å². The molecule has 0 bridgehead atoms. The van der Waals surface area contributed by atoms with E-state index in [4.69, 9.17) is 4.43 Å². The predicted molar refractivity (Wildman–Crippen MR) is 156 cm³/mol. The van der Waals surface area contributed by atoms with E-state index < -0.39 is 14.4 Å². The Morgan fingerprint density at radius 2 is 1.53 bits per heavy atom. The fourth-order valence-electron chi connectivity index (χ4n) is 3.63. The number of carbonyl (C=O) groups is 1. The van der Waals surface area contributed by atoms with E-state index in [1.807, 2.05) is 103 Å². The summed E-state index contributed by atoms with van der Waals surface area (Å²) in [5, 5.41) is 3.66. The molecule has 1 N–H and O–H groups in total. The Balaban J connectivity index is 1.91. The van der Waals surface area contributed by atoms with Gasteiger partial charge in [-0.2, -0.15) is 0 Å². The summed E-state index contributed by atoms with van der Waals surface area (Å²) in [5.41, 5.74) is 3.90. The first-order chi connectivity index (χ1) is 17.1. The van der Waals surface area contributed by atoms with Crippen LogP contribution in [0.15, 0.2) is 91.0 Å². The van der Waals surface area contributed by atoms with E-state index in [-0.39, 0.29) is 10.9 Å². The minimum absolute atomic E-state index is 0.00370. The molecular formula is C31H40N2O2Si. The maximum atomic E-state index is 13.8. The molecule has 1 amide bonds. The second kappa shape index (κ2) is 12.2. The normalized spacial score (nSPS) is 12.9. The molecule has 190 valence electrons. The zero-order valence-electron chi connectivity index (χ0n) is 22.5. The number of rotatable bonds is 10. The van der Waals surface area contributed by atoms with Crippen molar-refractivity contribution in [1.29, 1.82) is 0 Å². The average molecular weight is 501 g/mol. The Hall–Kier alpha value is -3.15. The van der Waals surface area contributed by atoms with Crippen molar-refractivity contribution in [3.63, 3.8) is 0 Å². The van der Waals surface area contributed by atoms with Gasteiger partial charge in [0.25, 0.3) is 5.91 Å². The van der Waals surface area contributed by atoms with Crippen LogP contribution in [-0.2, 0) is 15.8 Å². The van der Waals surface area contributed by atoms with E-state index in [0.29, 0.717) is 13.2 Å². The standard InChI is InChI=1S/C31H40N2O2Si/c1-7-33(27-19-12-9-13-20-27)30(34)29(23-22-25-16-10-8-11-17-25)32-28-21-15-14-18-26(28)24-35-36(5,6)31(2,3)4/h8-23,29,32H,7,24H2,1-6H3/b23-22+/t29-/m0/s1. The van der Waals surface area contributed by atoms with E-state index in [2.05, 4.69) is 45.2 Å². The molecule has 0 fully saturated rings. The van der Waals surface area contributed by atoms with Crippen LogP contribution < -0.4 is 10.2 Å². The van der Waals surface area contributed by atoms with Gasteiger partial charge < -0.3 is 14.6 Å². The van der Waals surface area contributed by atoms with Gasteiger partial charge in [0.2, 0.25) is 0 Å². The zero-order valence-corrected chi connectivity index (χ0v) is 23.5. The van der Waals surface area contributed by atoms with Crippen molar-refractivity contribution in [2.45, 2.75) is 58.5 Å². The van der Waals surface area contributed by atoms with Crippen molar-refractivity contribution in [2.24, 2.45) is 0 Å². The molecule has 0 saturated heterocycles. The highest BCUT2D eigenvalue weighted by atomic mass is 28.4. The molecule has 4 nitrogen and oxygen atoms in total. The number of para-hydroxylation sites is 2. The highest BCUT2D eigenvalue weighted by molar-refractivity contribution is 6.74. The summed E-state index contributed by atoms with van der Waals surface area (Å²) < 4.78 is 6.52. The quantitative estimate of drug-likeness (QED) is 0.289. The first kappa shape index (κ1) is 27.4. The van der Waals surface area contributed by atoms with Gasteiger partial charge in [0, 0.05) is 17.9 Å². The van der Waals surface area contributed by atoms with Crippen LogP contribution in [0.3, 0.4) is 0 Å². The predicted octanol–water partition coefficient (Wildman–Crippen LogP) is 7.76. The Labute approximate surface area is 218 Å². The lowest BCUT2D eigenvalue weighted by molar-refractivity contribution is -0.118. The van der Waals surface area contributed by atoms with Gasteiger partial charge in [0.05, 0.1) is 6.61 Å². The largest absolute Gasteiger partial charge is 0.412 e. The molecule has 1 atom stereocenters. The molecule has 0 aliphatic carbocycles. The number of likely N-dealkylation sites (N-methyl/N-ethyl adjacent to an activating group) is 1. The smallest absolute Gasteiger partial charge is 0.253 e. The lowest BCUT2D eigenvalue weighted by Gasteiger charge is -2.36. The van der Waals surface area contributed by atoms with Gasteiger partial charge in [0.1, 0.15) is 6.04 Å². The molecule has 0 unspecified atom stereocenters. The fraction of sp³-hybridized carbons (Fsp3) is 0.323. The minimum atomic E-state index is -1.92. The molecule has 0 spiro atoms. The SMILES string of the molecule is CCN(C(=O)[C@H](/C=C/c1ccccc1)Nc1ccccc1CO[Si](C)(C)C(C)(C)C)c1ccccc1. The summed E-state index contributed by atoms with van der Waals surface area (Å²) in [6.45, 7) is 14.4. The molecular weight excluding hydrogens is 460 g/mol. The van der Waals surface area contributed by atoms with Crippen LogP contribution in [-0.4, -0.2) is 26.8 Å². The Kier molecular flexibility index (Phi) is 9.29. The number of nitrogens with zero attached hydrogens (tertiary/aromatic N) is 1. The Morgan fingerprint density at radius 1 is 0.944 bits per heavy atom. The molecule has 5 heteroatoms. The number of carbonyl (C=O) groups excluding carboxylic acids is 1. The van der Waals surface area contributed by atoms with Gasteiger partial charge in [-0.25, -0.2) is 0 Å². The summed E-state index contributed by atoms with van der Waals surface area (Å²) in [6, 6.07) is 27.5. The van der Waals surface area contributed by atoms with Crippen LogP contribution >= 0.6 is 0 Å². The summed E-state index contributed by atoms with van der Waals surface area (Å²) in [6.07, 6.45) is 3.96. The number of hydrogen-bond donors (Lipinski definition) is 1. The van der Waals surface area contributed by atoms with Crippen LogP contribution in [0, 0.1) is 0 Å². The van der Waals surface area contributed by atoms with Crippen molar-refractivity contribution in [3.8, 4) is 0 Å². The number of nitrogens with one attached hydrogen (secondary N) is 1. The second-order valence-corrected chi connectivity index (χ2v) is 15.3. The van der Waals surface area contributed by atoms with E-state index in [1.165, 1.54) is 0 Å². The van der Waals surface area contributed by atoms with Crippen molar-refractivity contribution in [1.82, 2.24) is 0 Å². The monoisotopic (exact) mass is 500 g/mol. The fourth-order valence-corrected chi connectivity index (χ4v) is 4.58. The van der Waals surface area contributed by atoms with Gasteiger partial charge in [-0.1, -0.05) is 99.7 Å². The van der Waals surface area contributed by atoms with E-state index >= 15 is 0 Å². The lowest BCUT2D eigenvalue weighted by atomic mass is 10.1. The maximum absolute atomic E-state index is 13.8. The molecule has 36 heavy (non-hydrogen) atoms. The van der Waals surface area contributed by atoms with Gasteiger partial charge in [-0.3, -0.25) is 4.79 Å². The van der Waals surface area contributed by atoms with Crippen LogP contribution in [0.4, 0.5) is 11.4 Å². The van der Waals surface area contributed by atoms with E-state index in [0.717, 1.165) is 22.5 Å². The maximum Gasteiger partial charge on any atom is 0.253 e. The molecule has 3 rings (SSSR count). The molecule has 3 aromatic rings. The van der Waals surface area contributed by atoms with Crippen LogP contribution in [0.5, 0.6) is 0 Å². The number of benzene rings is 3. The summed E-state index contributed by atoms with van der Waals surface area (Å²) in [5.74, 6) is -0.00370. The van der Waals surface area contributed by atoms with Crippen molar-refractivity contribution >= 4 is 31.7 Å². The van der Waals surface area contributed by atoms with Gasteiger partial charge in [-0.05, 0) is 54.4 Å².